The van der Waals surface area contributed by atoms with Crippen LogP contribution in [0.5, 0.6) is 0 Å². The second-order valence-electron chi connectivity index (χ2n) is 3.26. The molecule has 0 saturated heterocycles. The Balaban J connectivity index is 2.93. The Morgan fingerprint density at radius 1 is 1.22 bits per heavy atom. The second kappa shape index (κ2) is 5.57. The number of nitro groups is 2. The van der Waals surface area contributed by atoms with Crippen LogP contribution in [0.1, 0.15) is 6.42 Å². The highest BCUT2D eigenvalue weighted by atomic mass is 16.6. The van der Waals surface area contributed by atoms with E-state index >= 15 is 0 Å². The van der Waals surface area contributed by atoms with Gasteiger partial charge in [-0.2, -0.15) is 0 Å². The number of carbonyl (C=O) groups excluding carboxylic acids is 1. The number of carbonyl (C=O) groups is 1. The fourth-order valence-electron chi connectivity index (χ4n) is 1.23. The second-order valence-corrected chi connectivity index (χ2v) is 3.26. The SMILES string of the molecule is O=C([O-])CCNc1ccc([N+](=O)[O-])cc1[N+](=O)[O-]. The number of hydrogen-bond donors (Lipinski definition) is 1. The molecule has 0 fully saturated rings. The van der Waals surface area contributed by atoms with Gasteiger partial charge in [-0.3, -0.25) is 20.2 Å². The average molecular weight is 254 g/mol. The minimum atomic E-state index is -1.30. The van der Waals surface area contributed by atoms with E-state index < -0.39 is 27.2 Å². The van der Waals surface area contributed by atoms with Crippen molar-refractivity contribution in [2.45, 2.75) is 6.42 Å². The highest BCUT2D eigenvalue weighted by molar-refractivity contribution is 5.68. The van der Waals surface area contributed by atoms with Gasteiger partial charge in [-0.1, -0.05) is 0 Å². The van der Waals surface area contributed by atoms with Gasteiger partial charge in [0.1, 0.15) is 5.69 Å². The first-order valence-corrected chi connectivity index (χ1v) is 4.78. The molecule has 1 N–H and O–H groups in total. The number of rotatable bonds is 6. The average Bonchev–Trinajstić information content (AvgIpc) is 2.28. The monoisotopic (exact) mass is 254 g/mol. The van der Waals surface area contributed by atoms with E-state index in [1.54, 1.807) is 0 Å². The standard InChI is InChI=1S/C9H9N3O6/c13-9(14)3-4-10-7-2-1-6(11(15)16)5-8(7)12(17)18/h1-2,5,10H,3-4H2,(H,13,14)/p-1. The van der Waals surface area contributed by atoms with E-state index in [0.29, 0.717) is 0 Å². The van der Waals surface area contributed by atoms with Gasteiger partial charge in [-0.05, 0) is 6.07 Å². The smallest absolute Gasteiger partial charge is 0.299 e. The maximum atomic E-state index is 10.7. The van der Waals surface area contributed by atoms with Gasteiger partial charge in [0.25, 0.3) is 11.4 Å². The number of benzene rings is 1. The number of carboxylic acid groups (broad SMARTS) is 1. The van der Waals surface area contributed by atoms with Crippen LogP contribution in [-0.2, 0) is 4.79 Å². The molecule has 1 aromatic carbocycles. The highest BCUT2D eigenvalue weighted by Crippen LogP contribution is 2.28. The Morgan fingerprint density at radius 3 is 2.39 bits per heavy atom. The lowest BCUT2D eigenvalue weighted by molar-refractivity contribution is -0.393. The van der Waals surface area contributed by atoms with E-state index in [-0.39, 0.29) is 18.7 Å². The van der Waals surface area contributed by atoms with Gasteiger partial charge >= 0.3 is 0 Å². The first kappa shape index (κ1) is 13.4. The van der Waals surface area contributed by atoms with E-state index in [4.69, 9.17) is 0 Å². The summed E-state index contributed by atoms with van der Waals surface area (Å²) >= 11 is 0. The summed E-state index contributed by atoms with van der Waals surface area (Å²) in [6.45, 7) is -0.0685. The van der Waals surface area contributed by atoms with Crippen LogP contribution >= 0.6 is 0 Å². The van der Waals surface area contributed by atoms with Crippen molar-refractivity contribution in [3.05, 3.63) is 38.4 Å². The molecule has 1 aromatic rings. The maximum absolute atomic E-state index is 10.7. The lowest BCUT2D eigenvalue weighted by Crippen LogP contribution is -2.24. The Hall–Kier alpha value is -2.71. The van der Waals surface area contributed by atoms with Crippen LogP contribution in [0.25, 0.3) is 0 Å². The largest absolute Gasteiger partial charge is 0.550 e. The molecule has 0 unspecified atom stereocenters. The molecule has 0 atom stereocenters. The number of anilines is 1. The normalized spacial score (nSPS) is 9.78. The van der Waals surface area contributed by atoms with Crippen LogP contribution in [0.15, 0.2) is 18.2 Å². The molecule has 9 heteroatoms. The Kier molecular flexibility index (Phi) is 4.13. The predicted molar refractivity (Wildman–Crippen MR) is 57.9 cm³/mol. The molecule has 0 aliphatic heterocycles. The maximum Gasteiger partial charge on any atom is 0.299 e. The molecule has 0 aliphatic rings. The Labute approximate surface area is 100 Å². The van der Waals surface area contributed by atoms with Gasteiger partial charge in [-0.15, -0.1) is 0 Å². The fourth-order valence-corrected chi connectivity index (χ4v) is 1.23. The third-order valence-electron chi connectivity index (χ3n) is 2.03. The summed E-state index contributed by atoms with van der Waals surface area (Å²) in [4.78, 5) is 29.8. The Morgan fingerprint density at radius 2 is 1.89 bits per heavy atom. The van der Waals surface area contributed by atoms with Gasteiger partial charge in [0.15, 0.2) is 0 Å². The summed E-state index contributed by atoms with van der Waals surface area (Å²) in [6.07, 6.45) is -0.325. The molecule has 0 saturated carbocycles. The van der Waals surface area contributed by atoms with Crippen LogP contribution in [0, 0.1) is 20.2 Å². The van der Waals surface area contributed by atoms with Crippen molar-refractivity contribution >= 4 is 23.0 Å². The van der Waals surface area contributed by atoms with Crippen LogP contribution in [0.3, 0.4) is 0 Å². The Bertz CT molecular complexity index is 501. The zero-order valence-corrected chi connectivity index (χ0v) is 8.99. The van der Waals surface area contributed by atoms with Crippen molar-refractivity contribution in [2.75, 3.05) is 11.9 Å². The molecular formula is C9H8N3O6-. The van der Waals surface area contributed by atoms with Crippen molar-refractivity contribution in [1.82, 2.24) is 0 Å². The van der Waals surface area contributed by atoms with Crippen LogP contribution in [-0.4, -0.2) is 22.4 Å². The van der Waals surface area contributed by atoms with Crippen LogP contribution < -0.4 is 10.4 Å². The summed E-state index contributed by atoms with van der Waals surface area (Å²) in [5.41, 5.74) is -0.874. The zero-order valence-electron chi connectivity index (χ0n) is 8.99. The highest BCUT2D eigenvalue weighted by Gasteiger charge is 2.18. The van der Waals surface area contributed by atoms with Crippen molar-refractivity contribution in [3.8, 4) is 0 Å². The van der Waals surface area contributed by atoms with Crippen LogP contribution in [0.2, 0.25) is 0 Å². The number of carboxylic acids is 1. The molecule has 18 heavy (non-hydrogen) atoms. The number of nitrogens with one attached hydrogen (secondary N) is 1. The van der Waals surface area contributed by atoms with Gasteiger partial charge in [0.2, 0.25) is 0 Å². The lowest BCUT2D eigenvalue weighted by Gasteiger charge is -2.07. The summed E-state index contributed by atoms with van der Waals surface area (Å²) < 4.78 is 0. The van der Waals surface area contributed by atoms with Crippen molar-refractivity contribution in [3.63, 3.8) is 0 Å². The van der Waals surface area contributed by atoms with E-state index in [0.717, 1.165) is 18.2 Å². The number of hydrogen-bond acceptors (Lipinski definition) is 7. The van der Waals surface area contributed by atoms with Gasteiger partial charge < -0.3 is 15.2 Å². The van der Waals surface area contributed by atoms with E-state index in [1.165, 1.54) is 0 Å². The molecule has 0 radical (unpaired) electrons. The molecule has 0 aromatic heterocycles. The van der Waals surface area contributed by atoms with E-state index in [9.17, 15) is 30.1 Å². The summed E-state index contributed by atoms with van der Waals surface area (Å²) in [5.74, 6) is -1.30. The van der Waals surface area contributed by atoms with Gasteiger partial charge in [0, 0.05) is 25.0 Å². The minimum Gasteiger partial charge on any atom is -0.550 e. The van der Waals surface area contributed by atoms with E-state index in [2.05, 4.69) is 5.32 Å². The number of aliphatic carboxylic acids is 1. The molecule has 0 spiro atoms. The molecule has 0 aliphatic carbocycles. The first-order chi connectivity index (χ1) is 8.41. The van der Waals surface area contributed by atoms with Crippen molar-refractivity contribution < 1.29 is 19.7 Å². The fraction of sp³-hybridized carbons (Fsp3) is 0.222. The first-order valence-electron chi connectivity index (χ1n) is 4.78. The molecule has 0 heterocycles. The van der Waals surface area contributed by atoms with Gasteiger partial charge in [-0.25, -0.2) is 0 Å². The van der Waals surface area contributed by atoms with Gasteiger partial charge in [0.05, 0.1) is 15.9 Å². The molecule has 9 nitrogen and oxygen atoms in total. The van der Waals surface area contributed by atoms with Crippen molar-refractivity contribution in [1.29, 1.82) is 0 Å². The topological polar surface area (TPSA) is 138 Å². The molecule has 1 rings (SSSR count). The lowest BCUT2D eigenvalue weighted by atomic mass is 10.2. The quantitative estimate of drug-likeness (QED) is 0.559. The zero-order chi connectivity index (χ0) is 13.7. The van der Waals surface area contributed by atoms with Crippen LogP contribution in [0.4, 0.5) is 17.1 Å². The molecule has 0 bridgehead atoms. The predicted octanol–water partition coefficient (Wildman–Crippen LogP) is 0.0549. The third-order valence-corrected chi connectivity index (χ3v) is 2.03. The van der Waals surface area contributed by atoms with E-state index in [1.807, 2.05) is 0 Å². The third kappa shape index (κ3) is 3.40. The minimum absolute atomic E-state index is 0.0202. The number of nitro benzene ring substituents is 2. The molecule has 0 amide bonds. The summed E-state index contributed by atoms with van der Waals surface area (Å²) in [7, 11) is 0. The van der Waals surface area contributed by atoms with Crippen molar-refractivity contribution in [2.24, 2.45) is 0 Å². The summed E-state index contributed by atoms with van der Waals surface area (Å²) in [5, 5.41) is 33.9. The number of non-ortho nitro benzene ring substituents is 1. The summed E-state index contributed by atoms with van der Waals surface area (Å²) in [6, 6.07) is 3.06. The number of nitrogens with zero attached hydrogens (tertiary/aromatic N) is 2. The molecular weight excluding hydrogens is 246 g/mol. The molecule has 96 valence electrons.